The van der Waals surface area contributed by atoms with Gasteiger partial charge < -0.3 is 0 Å². The third-order valence-electron chi connectivity index (χ3n) is 11.0. The third kappa shape index (κ3) is 4.11. The summed E-state index contributed by atoms with van der Waals surface area (Å²) in [6.07, 6.45) is 0. The van der Waals surface area contributed by atoms with Gasteiger partial charge in [-0.15, -0.1) is 0 Å². The van der Waals surface area contributed by atoms with Crippen LogP contribution >= 0.6 is 0 Å². The summed E-state index contributed by atoms with van der Waals surface area (Å²) in [4.78, 5) is 0. The van der Waals surface area contributed by atoms with Crippen molar-refractivity contribution in [1.29, 1.82) is 0 Å². The van der Waals surface area contributed by atoms with Crippen molar-refractivity contribution in [3.05, 3.63) is 181 Å². The lowest BCUT2D eigenvalue weighted by molar-refractivity contribution is 0.661. The SMILES string of the molecule is CC1(C)c2cc(-c3c4ccccc4c(-c4ccccc4-c4ccccc4)c4ccc5ccccc5c34)ccc2-c2cc3ccccc3cc21. The summed E-state index contributed by atoms with van der Waals surface area (Å²) >= 11 is 0. The highest BCUT2D eigenvalue weighted by Crippen LogP contribution is 2.53. The Bertz CT molecular complexity index is 2780. The molecule has 0 fully saturated rings. The minimum atomic E-state index is -0.118. The third-order valence-corrected chi connectivity index (χ3v) is 11.0. The highest BCUT2D eigenvalue weighted by molar-refractivity contribution is 6.28. The van der Waals surface area contributed by atoms with E-state index in [4.69, 9.17) is 0 Å². The topological polar surface area (TPSA) is 0 Å². The maximum absolute atomic E-state index is 2.50. The highest BCUT2D eigenvalue weighted by Gasteiger charge is 2.36. The van der Waals surface area contributed by atoms with Gasteiger partial charge in [-0.05, 0) is 117 Å². The molecular weight excluding hydrogens is 589 g/mol. The number of benzene rings is 9. The van der Waals surface area contributed by atoms with Gasteiger partial charge in [0.05, 0.1) is 0 Å². The van der Waals surface area contributed by atoms with Crippen LogP contribution in [0.25, 0.3) is 87.6 Å². The molecule has 230 valence electrons. The summed E-state index contributed by atoms with van der Waals surface area (Å²) in [5.41, 5.74) is 13.0. The monoisotopic (exact) mass is 622 g/mol. The van der Waals surface area contributed by atoms with Gasteiger partial charge in [0.15, 0.2) is 0 Å². The molecule has 1 aliphatic carbocycles. The first-order chi connectivity index (χ1) is 24.1. The quantitative estimate of drug-likeness (QED) is 0.136. The van der Waals surface area contributed by atoms with Crippen molar-refractivity contribution in [3.63, 3.8) is 0 Å². The predicted octanol–water partition coefficient (Wildman–Crippen LogP) is 13.6. The van der Waals surface area contributed by atoms with Gasteiger partial charge in [-0.25, -0.2) is 0 Å². The molecule has 0 nitrogen and oxygen atoms in total. The molecule has 0 aliphatic heterocycles. The minimum absolute atomic E-state index is 0.118. The van der Waals surface area contributed by atoms with Crippen LogP contribution in [-0.4, -0.2) is 0 Å². The number of hydrogen-bond donors (Lipinski definition) is 0. The molecule has 0 saturated carbocycles. The molecule has 0 unspecified atom stereocenters. The molecule has 0 spiro atoms. The molecule has 0 N–H and O–H groups in total. The normalized spacial score (nSPS) is 13.3. The molecule has 0 radical (unpaired) electrons. The average Bonchev–Trinajstić information content (AvgIpc) is 3.37. The fourth-order valence-corrected chi connectivity index (χ4v) is 8.69. The fourth-order valence-electron chi connectivity index (χ4n) is 8.69. The van der Waals surface area contributed by atoms with E-state index in [0.717, 1.165) is 0 Å². The second-order valence-corrected chi connectivity index (χ2v) is 14.0. The van der Waals surface area contributed by atoms with Crippen molar-refractivity contribution in [2.75, 3.05) is 0 Å². The molecule has 10 rings (SSSR count). The highest BCUT2D eigenvalue weighted by atomic mass is 14.4. The molecule has 0 amide bonds. The van der Waals surface area contributed by atoms with E-state index in [1.807, 2.05) is 0 Å². The maximum atomic E-state index is 2.50. The van der Waals surface area contributed by atoms with Crippen molar-refractivity contribution >= 4 is 43.1 Å². The van der Waals surface area contributed by atoms with E-state index in [-0.39, 0.29) is 5.41 Å². The lowest BCUT2D eigenvalue weighted by Gasteiger charge is -2.24. The van der Waals surface area contributed by atoms with Crippen molar-refractivity contribution in [2.45, 2.75) is 19.3 Å². The van der Waals surface area contributed by atoms with E-state index in [1.165, 1.54) is 98.7 Å². The molecule has 0 saturated heterocycles. The Morgan fingerprint density at radius 2 is 0.918 bits per heavy atom. The zero-order chi connectivity index (χ0) is 32.7. The van der Waals surface area contributed by atoms with Crippen molar-refractivity contribution in [3.8, 4) is 44.5 Å². The van der Waals surface area contributed by atoms with Crippen LogP contribution in [0.2, 0.25) is 0 Å². The van der Waals surface area contributed by atoms with E-state index in [1.54, 1.807) is 0 Å². The molecule has 0 atom stereocenters. The summed E-state index contributed by atoms with van der Waals surface area (Å²) < 4.78 is 0. The first-order valence-electron chi connectivity index (χ1n) is 17.3. The predicted molar refractivity (Wildman–Crippen MR) is 210 cm³/mol. The Balaban J connectivity index is 1.31. The van der Waals surface area contributed by atoms with Gasteiger partial charge in [0.25, 0.3) is 0 Å². The van der Waals surface area contributed by atoms with Crippen LogP contribution in [0.1, 0.15) is 25.0 Å². The van der Waals surface area contributed by atoms with Crippen LogP contribution in [0.4, 0.5) is 0 Å². The zero-order valence-electron chi connectivity index (χ0n) is 27.7. The average molecular weight is 623 g/mol. The molecule has 0 aromatic heterocycles. The van der Waals surface area contributed by atoms with Gasteiger partial charge >= 0.3 is 0 Å². The zero-order valence-corrected chi connectivity index (χ0v) is 27.7. The Morgan fingerprint density at radius 1 is 0.327 bits per heavy atom. The van der Waals surface area contributed by atoms with E-state index < -0.39 is 0 Å². The lowest BCUT2D eigenvalue weighted by atomic mass is 9.79. The second-order valence-electron chi connectivity index (χ2n) is 14.0. The van der Waals surface area contributed by atoms with Gasteiger partial charge in [0, 0.05) is 5.41 Å². The van der Waals surface area contributed by atoms with E-state index in [2.05, 4.69) is 184 Å². The Labute approximate surface area is 286 Å². The number of hydrogen-bond acceptors (Lipinski definition) is 0. The summed E-state index contributed by atoms with van der Waals surface area (Å²) in [5.74, 6) is 0. The molecular formula is C49H34. The Morgan fingerprint density at radius 3 is 1.69 bits per heavy atom. The summed E-state index contributed by atoms with van der Waals surface area (Å²) in [7, 11) is 0. The van der Waals surface area contributed by atoms with Gasteiger partial charge in [-0.3, -0.25) is 0 Å². The Kier molecular flexibility index (Phi) is 6.02. The summed E-state index contributed by atoms with van der Waals surface area (Å²) in [6, 6.07) is 63.2. The van der Waals surface area contributed by atoms with Gasteiger partial charge in [-0.1, -0.05) is 166 Å². The van der Waals surface area contributed by atoms with Gasteiger partial charge in [-0.2, -0.15) is 0 Å². The standard InChI is InChI=1S/C49H34/c1-49(2)44-30-35(25-26-38(44)43-28-33-17-6-7-18-34(33)29-45(43)49)46-40-22-12-13-23-41(40)47(42-27-24-32-16-8-9-20-37(32)48(42)46)39-21-11-10-19-36(39)31-14-4-3-5-15-31/h3-30H,1-2H3. The van der Waals surface area contributed by atoms with Crippen molar-refractivity contribution in [1.82, 2.24) is 0 Å². The molecule has 0 heteroatoms. The lowest BCUT2D eigenvalue weighted by Crippen LogP contribution is -2.15. The van der Waals surface area contributed by atoms with E-state index >= 15 is 0 Å². The van der Waals surface area contributed by atoms with Crippen molar-refractivity contribution in [2.24, 2.45) is 0 Å². The van der Waals surface area contributed by atoms with E-state index in [9.17, 15) is 0 Å². The number of rotatable bonds is 3. The molecule has 9 aromatic carbocycles. The molecule has 49 heavy (non-hydrogen) atoms. The van der Waals surface area contributed by atoms with E-state index in [0.29, 0.717) is 0 Å². The van der Waals surface area contributed by atoms with Crippen LogP contribution in [0.5, 0.6) is 0 Å². The van der Waals surface area contributed by atoms with Crippen LogP contribution in [0.3, 0.4) is 0 Å². The molecule has 9 aromatic rings. The summed E-state index contributed by atoms with van der Waals surface area (Å²) in [5, 5.41) is 10.3. The number of fused-ring (bicyclic) bond motifs is 8. The maximum Gasteiger partial charge on any atom is 0.0159 e. The molecule has 1 aliphatic rings. The molecule has 0 heterocycles. The minimum Gasteiger partial charge on any atom is -0.0622 e. The van der Waals surface area contributed by atoms with Gasteiger partial charge in [0.1, 0.15) is 0 Å². The first-order valence-corrected chi connectivity index (χ1v) is 17.3. The van der Waals surface area contributed by atoms with Crippen LogP contribution in [0.15, 0.2) is 170 Å². The molecule has 0 bridgehead atoms. The van der Waals surface area contributed by atoms with Crippen molar-refractivity contribution < 1.29 is 0 Å². The van der Waals surface area contributed by atoms with Gasteiger partial charge in [0.2, 0.25) is 0 Å². The first kappa shape index (κ1) is 28.1. The van der Waals surface area contributed by atoms with Crippen LogP contribution in [-0.2, 0) is 5.41 Å². The van der Waals surface area contributed by atoms with Crippen LogP contribution in [0, 0.1) is 0 Å². The van der Waals surface area contributed by atoms with Crippen LogP contribution < -0.4 is 0 Å². The fraction of sp³-hybridized carbons (Fsp3) is 0.0612. The second kappa shape index (κ2) is 10.5. The summed E-state index contributed by atoms with van der Waals surface area (Å²) in [6.45, 7) is 4.79. The Hall–Kier alpha value is -5.98. The smallest absolute Gasteiger partial charge is 0.0159 e. The largest absolute Gasteiger partial charge is 0.0622 e.